The summed E-state index contributed by atoms with van der Waals surface area (Å²) in [5.74, 6) is 0.182. The average Bonchev–Trinajstić information content (AvgIpc) is 2.59. The van der Waals surface area contributed by atoms with E-state index in [1.54, 1.807) is 0 Å². The van der Waals surface area contributed by atoms with Crippen LogP contribution in [0.1, 0.15) is 47.4 Å². The van der Waals surface area contributed by atoms with Gasteiger partial charge in [0.15, 0.2) is 11.6 Å². The molecule has 0 heterocycles. The first-order valence-corrected chi connectivity index (χ1v) is 7.78. The first-order valence-electron chi connectivity index (χ1n) is 7.78. The lowest BCUT2D eigenvalue weighted by atomic mass is 9.88. The van der Waals surface area contributed by atoms with E-state index < -0.39 is 0 Å². The summed E-state index contributed by atoms with van der Waals surface area (Å²) in [5, 5.41) is 0. The molecule has 2 aromatic carbocycles. The second-order valence-electron chi connectivity index (χ2n) is 5.84. The Morgan fingerprint density at radius 1 is 0.682 bits per heavy atom. The summed E-state index contributed by atoms with van der Waals surface area (Å²) in [7, 11) is 0. The van der Waals surface area contributed by atoms with E-state index in [-0.39, 0.29) is 23.4 Å². The zero-order valence-electron chi connectivity index (χ0n) is 13.2. The van der Waals surface area contributed by atoms with Crippen molar-refractivity contribution < 1.29 is 9.59 Å². The summed E-state index contributed by atoms with van der Waals surface area (Å²) in [5.41, 5.74) is 1.49. The Morgan fingerprint density at radius 2 is 1.00 bits per heavy atom. The van der Waals surface area contributed by atoms with Crippen LogP contribution in [0.2, 0.25) is 0 Å². The van der Waals surface area contributed by atoms with Gasteiger partial charge in [-0.15, -0.1) is 0 Å². The molecule has 22 heavy (non-hydrogen) atoms. The van der Waals surface area contributed by atoms with E-state index in [2.05, 4.69) is 0 Å². The number of carbonyl (C=O) groups excluding carboxylic acids is 2. The largest absolute Gasteiger partial charge is 0.294 e. The normalized spacial score (nSPS) is 13.4. The molecule has 2 aromatic rings. The minimum atomic E-state index is -0.0616. The number of rotatable bonds is 7. The Morgan fingerprint density at radius 3 is 1.32 bits per heavy atom. The van der Waals surface area contributed by atoms with Crippen LogP contribution in [0.3, 0.4) is 0 Å². The molecular formula is C20H22O2. The molecule has 0 aliphatic rings. The zero-order chi connectivity index (χ0) is 15.9. The SMILES string of the molecule is CC(CCC(C)C(=O)c1ccccc1)C(=O)c1ccccc1. The van der Waals surface area contributed by atoms with E-state index in [1.807, 2.05) is 74.5 Å². The van der Waals surface area contributed by atoms with E-state index in [1.165, 1.54) is 0 Å². The highest BCUT2D eigenvalue weighted by atomic mass is 16.1. The molecule has 0 amide bonds. The van der Waals surface area contributed by atoms with Crippen molar-refractivity contribution in [1.82, 2.24) is 0 Å². The maximum absolute atomic E-state index is 12.3. The van der Waals surface area contributed by atoms with Crippen molar-refractivity contribution in [2.45, 2.75) is 26.7 Å². The fourth-order valence-corrected chi connectivity index (χ4v) is 2.54. The van der Waals surface area contributed by atoms with Crippen LogP contribution in [0, 0.1) is 11.8 Å². The Hall–Kier alpha value is -2.22. The van der Waals surface area contributed by atoms with Crippen molar-refractivity contribution in [2.24, 2.45) is 11.8 Å². The first kappa shape index (κ1) is 16.2. The summed E-state index contributed by atoms with van der Waals surface area (Å²) >= 11 is 0. The minimum Gasteiger partial charge on any atom is -0.294 e. The molecule has 0 aromatic heterocycles. The van der Waals surface area contributed by atoms with Gasteiger partial charge in [0, 0.05) is 23.0 Å². The van der Waals surface area contributed by atoms with E-state index in [0.29, 0.717) is 0 Å². The molecular weight excluding hydrogens is 272 g/mol. The van der Waals surface area contributed by atoms with Crippen LogP contribution < -0.4 is 0 Å². The van der Waals surface area contributed by atoms with Crippen molar-refractivity contribution >= 4 is 11.6 Å². The number of hydrogen-bond donors (Lipinski definition) is 0. The Labute approximate surface area is 132 Å². The molecule has 0 radical (unpaired) electrons. The molecule has 0 N–H and O–H groups in total. The van der Waals surface area contributed by atoms with Gasteiger partial charge in [-0.1, -0.05) is 74.5 Å². The summed E-state index contributed by atoms with van der Waals surface area (Å²) in [6.07, 6.45) is 1.46. The highest BCUT2D eigenvalue weighted by Gasteiger charge is 2.19. The maximum atomic E-state index is 12.3. The highest BCUT2D eigenvalue weighted by Crippen LogP contribution is 2.20. The van der Waals surface area contributed by atoms with Crippen molar-refractivity contribution in [1.29, 1.82) is 0 Å². The fourth-order valence-electron chi connectivity index (χ4n) is 2.54. The van der Waals surface area contributed by atoms with Gasteiger partial charge in [0.2, 0.25) is 0 Å². The second-order valence-corrected chi connectivity index (χ2v) is 5.84. The molecule has 2 atom stereocenters. The lowest BCUT2D eigenvalue weighted by Crippen LogP contribution is -2.16. The Bertz CT molecular complexity index is 559. The van der Waals surface area contributed by atoms with E-state index in [9.17, 15) is 9.59 Å². The predicted octanol–water partition coefficient (Wildman–Crippen LogP) is 4.80. The molecule has 0 aliphatic carbocycles. The van der Waals surface area contributed by atoms with Gasteiger partial charge in [-0.2, -0.15) is 0 Å². The monoisotopic (exact) mass is 294 g/mol. The summed E-state index contributed by atoms with van der Waals surface area (Å²) < 4.78 is 0. The molecule has 2 rings (SSSR count). The number of Topliss-reactive ketones (excluding diaryl/α,β-unsaturated/α-hetero) is 2. The summed E-state index contributed by atoms with van der Waals surface area (Å²) in [4.78, 5) is 24.6. The maximum Gasteiger partial charge on any atom is 0.165 e. The van der Waals surface area contributed by atoms with Gasteiger partial charge in [0.1, 0.15) is 0 Å². The highest BCUT2D eigenvalue weighted by molar-refractivity contribution is 5.98. The molecule has 114 valence electrons. The van der Waals surface area contributed by atoms with Crippen LogP contribution in [0.4, 0.5) is 0 Å². The number of hydrogen-bond acceptors (Lipinski definition) is 2. The van der Waals surface area contributed by atoms with Crippen LogP contribution in [0.25, 0.3) is 0 Å². The molecule has 0 aliphatic heterocycles. The standard InChI is InChI=1S/C20H22O2/c1-15(19(21)17-9-5-3-6-10-17)13-14-16(2)20(22)18-11-7-4-8-12-18/h3-12,15-16H,13-14H2,1-2H3. The summed E-state index contributed by atoms with van der Waals surface area (Å²) in [6.45, 7) is 3.88. The third-order valence-electron chi connectivity index (χ3n) is 4.04. The van der Waals surface area contributed by atoms with Gasteiger partial charge >= 0.3 is 0 Å². The molecule has 2 nitrogen and oxygen atoms in total. The molecule has 0 bridgehead atoms. The van der Waals surface area contributed by atoms with Crippen LogP contribution in [-0.4, -0.2) is 11.6 Å². The van der Waals surface area contributed by atoms with Crippen LogP contribution in [-0.2, 0) is 0 Å². The molecule has 0 saturated carbocycles. The Balaban J connectivity index is 1.89. The lowest BCUT2D eigenvalue weighted by molar-refractivity contribution is 0.0882. The molecule has 0 saturated heterocycles. The molecule has 0 spiro atoms. The lowest BCUT2D eigenvalue weighted by Gasteiger charge is -2.14. The van der Waals surface area contributed by atoms with Crippen LogP contribution in [0.5, 0.6) is 0 Å². The van der Waals surface area contributed by atoms with Gasteiger partial charge in [-0.25, -0.2) is 0 Å². The van der Waals surface area contributed by atoms with Crippen molar-refractivity contribution in [3.05, 3.63) is 71.8 Å². The van der Waals surface area contributed by atoms with Gasteiger partial charge in [-0.3, -0.25) is 9.59 Å². The molecule has 2 unspecified atom stereocenters. The topological polar surface area (TPSA) is 34.1 Å². The third-order valence-corrected chi connectivity index (χ3v) is 4.04. The number of ketones is 2. The number of carbonyl (C=O) groups is 2. The van der Waals surface area contributed by atoms with Crippen molar-refractivity contribution in [3.63, 3.8) is 0 Å². The average molecular weight is 294 g/mol. The minimum absolute atomic E-state index is 0.0616. The molecule has 0 fully saturated rings. The molecule has 2 heteroatoms. The van der Waals surface area contributed by atoms with Crippen molar-refractivity contribution in [3.8, 4) is 0 Å². The van der Waals surface area contributed by atoms with Crippen LogP contribution in [0.15, 0.2) is 60.7 Å². The van der Waals surface area contributed by atoms with Gasteiger partial charge in [0.25, 0.3) is 0 Å². The van der Waals surface area contributed by atoms with Crippen molar-refractivity contribution in [2.75, 3.05) is 0 Å². The van der Waals surface area contributed by atoms with Gasteiger partial charge in [0.05, 0.1) is 0 Å². The quantitative estimate of drug-likeness (QED) is 0.687. The summed E-state index contributed by atoms with van der Waals surface area (Å²) in [6, 6.07) is 18.7. The second kappa shape index (κ2) is 7.69. The smallest absolute Gasteiger partial charge is 0.165 e. The third kappa shape index (κ3) is 4.14. The fraction of sp³-hybridized carbons (Fsp3) is 0.300. The van der Waals surface area contributed by atoms with Gasteiger partial charge in [-0.05, 0) is 12.8 Å². The van der Waals surface area contributed by atoms with E-state index in [0.717, 1.165) is 24.0 Å². The van der Waals surface area contributed by atoms with E-state index >= 15 is 0 Å². The number of benzene rings is 2. The van der Waals surface area contributed by atoms with Crippen LogP contribution >= 0.6 is 0 Å². The Kier molecular flexibility index (Phi) is 5.65. The van der Waals surface area contributed by atoms with Gasteiger partial charge < -0.3 is 0 Å². The van der Waals surface area contributed by atoms with E-state index in [4.69, 9.17) is 0 Å². The predicted molar refractivity (Wildman–Crippen MR) is 89.1 cm³/mol. The first-order chi connectivity index (χ1) is 10.6. The zero-order valence-corrected chi connectivity index (χ0v) is 13.2.